The van der Waals surface area contributed by atoms with E-state index in [1.54, 1.807) is 27.7 Å². The highest BCUT2D eigenvalue weighted by molar-refractivity contribution is 7.99. The van der Waals surface area contributed by atoms with E-state index >= 15 is 0 Å². The molecular formula is C13H23N3O5S. The second kappa shape index (κ2) is 7.57. The van der Waals surface area contributed by atoms with Gasteiger partial charge in [0.2, 0.25) is 0 Å². The zero-order valence-corrected chi connectivity index (χ0v) is 14.8. The standard InChI is InChI=1S/C13H23N3O5S/c1-9(2)10(17)13(5,6)22-15(7)11(18)21-14-8-12(3,4)16(19)20/h8-9H,1-7H3/b14-8+. The molecule has 0 saturated heterocycles. The van der Waals surface area contributed by atoms with Crippen LogP contribution in [0.1, 0.15) is 41.5 Å². The van der Waals surface area contributed by atoms with Crippen LogP contribution in [0, 0.1) is 16.0 Å². The highest BCUT2D eigenvalue weighted by Crippen LogP contribution is 2.30. The maximum Gasteiger partial charge on any atom is 0.445 e. The SMILES string of the molecule is CC(C)C(=O)C(C)(C)SN(C)C(=O)O/N=C/C(C)(C)[N+](=O)[O-]. The molecule has 0 aromatic carbocycles. The van der Waals surface area contributed by atoms with E-state index in [1.165, 1.54) is 20.9 Å². The smallest absolute Gasteiger partial charge is 0.298 e. The molecule has 0 unspecified atom stereocenters. The summed E-state index contributed by atoms with van der Waals surface area (Å²) >= 11 is 1.01. The molecule has 0 bridgehead atoms. The number of oxime groups is 1. The van der Waals surface area contributed by atoms with Crippen molar-refractivity contribution in [3.8, 4) is 0 Å². The molecule has 22 heavy (non-hydrogen) atoms. The predicted molar refractivity (Wildman–Crippen MR) is 85.3 cm³/mol. The third-order valence-corrected chi connectivity index (χ3v) is 3.79. The normalized spacial score (nSPS) is 12.5. The first-order valence-electron chi connectivity index (χ1n) is 6.68. The van der Waals surface area contributed by atoms with E-state index in [-0.39, 0.29) is 11.7 Å². The quantitative estimate of drug-likeness (QED) is 0.233. The van der Waals surface area contributed by atoms with Crippen LogP contribution in [0.2, 0.25) is 0 Å². The molecule has 0 aromatic rings. The average molecular weight is 333 g/mol. The molecule has 0 aliphatic rings. The van der Waals surface area contributed by atoms with Crippen molar-refractivity contribution < 1.29 is 19.3 Å². The zero-order chi connectivity index (χ0) is 17.7. The van der Waals surface area contributed by atoms with Gasteiger partial charge in [-0.1, -0.05) is 19.0 Å². The monoisotopic (exact) mass is 333 g/mol. The van der Waals surface area contributed by atoms with Gasteiger partial charge in [-0.2, -0.15) is 0 Å². The van der Waals surface area contributed by atoms with Gasteiger partial charge < -0.3 is 0 Å². The van der Waals surface area contributed by atoms with E-state index in [0.29, 0.717) is 0 Å². The van der Waals surface area contributed by atoms with Crippen molar-refractivity contribution in [2.24, 2.45) is 11.1 Å². The molecule has 9 heteroatoms. The summed E-state index contributed by atoms with van der Waals surface area (Å²) in [6.45, 7) is 9.64. The van der Waals surface area contributed by atoms with Crippen molar-refractivity contribution in [3.63, 3.8) is 0 Å². The minimum absolute atomic E-state index is 0.00450. The van der Waals surface area contributed by atoms with Crippen LogP contribution in [-0.2, 0) is 9.63 Å². The Hall–Kier alpha value is -1.64. The number of nitrogens with zero attached hydrogens (tertiary/aromatic N) is 3. The van der Waals surface area contributed by atoms with Crippen molar-refractivity contribution in [2.75, 3.05) is 7.05 Å². The maximum atomic E-state index is 12.0. The molecule has 0 heterocycles. The molecule has 0 rings (SSSR count). The fourth-order valence-corrected chi connectivity index (χ4v) is 2.54. The van der Waals surface area contributed by atoms with Crippen LogP contribution in [0.25, 0.3) is 0 Å². The summed E-state index contributed by atoms with van der Waals surface area (Å²) in [6, 6.07) is 0. The third-order valence-electron chi connectivity index (χ3n) is 2.71. The lowest BCUT2D eigenvalue weighted by Gasteiger charge is -2.28. The number of rotatable bonds is 7. The topological polar surface area (TPSA) is 102 Å². The molecule has 1 amide bonds. The lowest BCUT2D eigenvalue weighted by molar-refractivity contribution is -0.536. The van der Waals surface area contributed by atoms with Gasteiger partial charge in [0.05, 0.1) is 4.75 Å². The minimum Gasteiger partial charge on any atom is -0.298 e. The van der Waals surface area contributed by atoms with Crippen LogP contribution in [-0.4, -0.2) is 44.7 Å². The van der Waals surface area contributed by atoms with Gasteiger partial charge in [0, 0.05) is 31.7 Å². The van der Waals surface area contributed by atoms with Crippen molar-refractivity contribution in [1.29, 1.82) is 0 Å². The molecule has 0 radical (unpaired) electrons. The lowest BCUT2D eigenvalue weighted by Crippen LogP contribution is -2.37. The molecule has 0 aromatic heterocycles. The molecule has 8 nitrogen and oxygen atoms in total. The van der Waals surface area contributed by atoms with Gasteiger partial charge in [-0.05, 0) is 25.8 Å². The Morgan fingerprint density at radius 2 is 1.82 bits per heavy atom. The Balaban J connectivity index is 4.67. The number of hydrogen-bond acceptors (Lipinski definition) is 7. The molecule has 0 fully saturated rings. The summed E-state index contributed by atoms with van der Waals surface area (Å²) in [7, 11) is 1.44. The average Bonchev–Trinajstić information content (AvgIpc) is 2.36. The molecule has 0 saturated carbocycles. The predicted octanol–water partition coefficient (Wildman–Crippen LogP) is 2.75. The Bertz CT molecular complexity index is 474. The Morgan fingerprint density at radius 1 is 1.32 bits per heavy atom. The summed E-state index contributed by atoms with van der Waals surface area (Å²) < 4.78 is 0.336. The van der Waals surface area contributed by atoms with Crippen LogP contribution in [0.15, 0.2) is 5.16 Å². The van der Waals surface area contributed by atoms with Gasteiger partial charge in [0.25, 0.3) is 5.54 Å². The summed E-state index contributed by atoms with van der Waals surface area (Å²) in [6.07, 6.45) is 0.124. The summed E-state index contributed by atoms with van der Waals surface area (Å²) in [5.74, 6) is -0.166. The zero-order valence-electron chi connectivity index (χ0n) is 13.9. The number of ketones is 1. The van der Waals surface area contributed by atoms with Crippen LogP contribution < -0.4 is 0 Å². The van der Waals surface area contributed by atoms with E-state index in [1.807, 2.05) is 0 Å². The fraction of sp³-hybridized carbons (Fsp3) is 0.769. The highest BCUT2D eigenvalue weighted by atomic mass is 32.2. The highest BCUT2D eigenvalue weighted by Gasteiger charge is 2.34. The summed E-state index contributed by atoms with van der Waals surface area (Å²) in [5.41, 5.74) is -1.43. The number of hydrogen-bond donors (Lipinski definition) is 0. The van der Waals surface area contributed by atoms with E-state index in [0.717, 1.165) is 22.5 Å². The number of carbonyl (C=O) groups excluding carboxylic acids is 2. The van der Waals surface area contributed by atoms with Crippen LogP contribution in [0.5, 0.6) is 0 Å². The lowest BCUT2D eigenvalue weighted by atomic mass is 9.98. The molecule has 126 valence electrons. The van der Waals surface area contributed by atoms with Crippen molar-refractivity contribution >= 4 is 30.0 Å². The van der Waals surface area contributed by atoms with Crippen molar-refractivity contribution in [1.82, 2.24) is 4.31 Å². The Kier molecular flexibility index (Phi) is 7.01. The molecular weight excluding hydrogens is 310 g/mol. The first-order valence-corrected chi connectivity index (χ1v) is 7.45. The van der Waals surface area contributed by atoms with E-state index in [4.69, 9.17) is 0 Å². The summed E-state index contributed by atoms with van der Waals surface area (Å²) in [5, 5.41) is 14.0. The summed E-state index contributed by atoms with van der Waals surface area (Å²) in [4.78, 5) is 38.5. The molecule has 0 N–H and O–H groups in total. The number of amides is 1. The number of Topliss-reactive ketones (excluding diaryl/α,β-unsaturated/α-hetero) is 1. The molecule has 0 aliphatic carbocycles. The fourth-order valence-electron chi connectivity index (χ4n) is 1.42. The second-order valence-electron chi connectivity index (χ2n) is 6.12. The van der Waals surface area contributed by atoms with Crippen molar-refractivity contribution in [2.45, 2.75) is 51.8 Å². The van der Waals surface area contributed by atoms with Gasteiger partial charge in [-0.25, -0.2) is 4.79 Å². The van der Waals surface area contributed by atoms with Gasteiger partial charge >= 0.3 is 6.09 Å². The molecule has 0 atom stereocenters. The largest absolute Gasteiger partial charge is 0.445 e. The van der Waals surface area contributed by atoms with Crippen LogP contribution in [0.4, 0.5) is 4.79 Å². The number of carbonyl (C=O) groups is 2. The third kappa shape index (κ3) is 6.00. The second-order valence-corrected chi connectivity index (χ2v) is 7.87. The Labute approximate surface area is 134 Å². The van der Waals surface area contributed by atoms with Gasteiger partial charge in [-0.15, -0.1) is 0 Å². The molecule has 0 spiro atoms. The molecule has 0 aliphatic heterocycles. The van der Waals surface area contributed by atoms with Crippen LogP contribution >= 0.6 is 11.9 Å². The van der Waals surface area contributed by atoms with E-state index in [9.17, 15) is 19.7 Å². The number of nitro groups is 1. The van der Waals surface area contributed by atoms with Gasteiger partial charge in [0.1, 0.15) is 6.21 Å². The first-order chi connectivity index (χ1) is 9.81. The maximum absolute atomic E-state index is 12.0. The minimum atomic E-state index is -1.43. The van der Waals surface area contributed by atoms with Crippen LogP contribution in [0.3, 0.4) is 0 Å². The van der Waals surface area contributed by atoms with Crippen molar-refractivity contribution in [3.05, 3.63) is 10.1 Å². The van der Waals surface area contributed by atoms with E-state index in [2.05, 4.69) is 9.99 Å². The van der Waals surface area contributed by atoms with E-state index < -0.39 is 21.3 Å². The Morgan fingerprint density at radius 3 is 2.23 bits per heavy atom. The van der Waals surface area contributed by atoms with Gasteiger partial charge in [-0.3, -0.25) is 24.1 Å². The first kappa shape index (κ1) is 20.4. The van der Waals surface area contributed by atoms with Gasteiger partial charge in [0.15, 0.2) is 5.78 Å².